The molecule has 1 fully saturated rings. The van der Waals surface area contributed by atoms with E-state index in [9.17, 15) is 9.59 Å². The van der Waals surface area contributed by atoms with E-state index >= 15 is 0 Å². The zero-order chi connectivity index (χ0) is 13.8. The molecule has 0 aromatic heterocycles. The van der Waals surface area contributed by atoms with Crippen molar-refractivity contribution in [2.75, 3.05) is 32.6 Å². The van der Waals surface area contributed by atoms with Gasteiger partial charge in [0.15, 0.2) is 0 Å². The lowest BCUT2D eigenvalue weighted by molar-refractivity contribution is -0.134. The average molecular weight is 281 g/mol. The normalized spacial score (nSPS) is 14.9. The number of hydrogen-bond acceptors (Lipinski definition) is 2. The van der Waals surface area contributed by atoms with Gasteiger partial charge in [-0.05, 0) is 12.1 Å². The number of likely N-dealkylation sites (tertiary alicyclic amines) is 1. The summed E-state index contributed by atoms with van der Waals surface area (Å²) in [5.74, 6) is 0.369. The highest BCUT2D eigenvalue weighted by molar-refractivity contribution is 6.27. The molecular formula is C14H17ClN2O2. The highest BCUT2D eigenvalue weighted by atomic mass is 35.5. The summed E-state index contributed by atoms with van der Waals surface area (Å²) >= 11 is 5.49. The van der Waals surface area contributed by atoms with Crippen LogP contribution in [0.5, 0.6) is 0 Å². The van der Waals surface area contributed by atoms with Gasteiger partial charge in [-0.15, -0.1) is 11.6 Å². The Morgan fingerprint density at radius 1 is 1.32 bits per heavy atom. The molecule has 0 spiro atoms. The summed E-state index contributed by atoms with van der Waals surface area (Å²) in [5, 5.41) is 0. The van der Waals surface area contributed by atoms with Crippen molar-refractivity contribution < 1.29 is 9.59 Å². The largest absolute Gasteiger partial charge is 0.341 e. The molecule has 1 heterocycles. The third-order valence-electron chi connectivity index (χ3n) is 3.32. The van der Waals surface area contributed by atoms with E-state index in [4.69, 9.17) is 11.6 Å². The predicted molar refractivity (Wildman–Crippen MR) is 74.2 cm³/mol. The topological polar surface area (TPSA) is 40.6 Å². The van der Waals surface area contributed by atoms with E-state index in [2.05, 4.69) is 0 Å². The van der Waals surface area contributed by atoms with Crippen molar-refractivity contribution in [1.29, 1.82) is 0 Å². The van der Waals surface area contributed by atoms with Crippen molar-refractivity contribution in [2.45, 2.75) is 0 Å². The molecule has 1 aliphatic rings. The van der Waals surface area contributed by atoms with Gasteiger partial charge in [0.1, 0.15) is 5.88 Å². The molecule has 0 aliphatic carbocycles. The molecule has 2 rings (SSSR count). The lowest BCUT2D eigenvalue weighted by atomic mass is 9.99. The Hall–Kier alpha value is -1.55. The molecular weight excluding hydrogens is 264 g/mol. The van der Waals surface area contributed by atoms with Crippen LogP contribution in [-0.2, 0) is 4.79 Å². The van der Waals surface area contributed by atoms with Crippen LogP contribution in [-0.4, -0.2) is 54.2 Å². The Labute approximate surface area is 117 Å². The summed E-state index contributed by atoms with van der Waals surface area (Å²) < 4.78 is 0. The van der Waals surface area contributed by atoms with Crippen LogP contribution in [0.1, 0.15) is 10.4 Å². The van der Waals surface area contributed by atoms with E-state index in [1.165, 1.54) is 0 Å². The van der Waals surface area contributed by atoms with Crippen LogP contribution in [0, 0.1) is 5.92 Å². The summed E-state index contributed by atoms with van der Waals surface area (Å²) in [7, 11) is 1.79. The molecule has 0 bridgehead atoms. The number of rotatable bonds is 4. The Morgan fingerprint density at radius 3 is 2.53 bits per heavy atom. The number of hydrogen-bond donors (Lipinski definition) is 0. The Bertz CT molecular complexity index is 458. The van der Waals surface area contributed by atoms with E-state index in [1.54, 1.807) is 16.8 Å². The number of amides is 2. The minimum Gasteiger partial charge on any atom is -0.341 e. The van der Waals surface area contributed by atoms with E-state index < -0.39 is 0 Å². The maximum absolute atomic E-state index is 12.1. The van der Waals surface area contributed by atoms with Gasteiger partial charge in [-0.2, -0.15) is 0 Å². The standard InChI is InChI=1S/C14H17ClN2O2/c1-16(14(19)12-5-3-2-4-6-12)8-11-9-17(10-11)13(18)7-15/h2-6,11H,7-10H2,1H3. The minimum atomic E-state index is -0.0324. The first kappa shape index (κ1) is 13.9. The number of carbonyl (C=O) groups is 2. The van der Waals surface area contributed by atoms with Gasteiger partial charge in [-0.3, -0.25) is 9.59 Å². The predicted octanol–water partition coefficient (Wildman–Crippen LogP) is 1.46. The highest BCUT2D eigenvalue weighted by Gasteiger charge is 2.31. The lowest BCUT2D eigenvalue weighted by Gasteiger charge is -2.40. The minimum absolute atomic E-state index is 0.0164. The van der Waals surface area contributed by atoms with Gasteiger partial charge >= 0.3 is 0 Å². The summed E-state index contributed by atoms with van der Waals surface area (Å²) in [4.78, 5) is 26.8. The molecule has 4 nitrogen and oxygen atoms in total. The summed E-state index contributed by atoms with van der Waals surface area (Å²) in [5.41, 5.74) is 0.693. The van der Waals surface area contributed by atoms with Crippen LogP contribution < -0.4 is 0 Å². The van der Waals surface area contributed by atoms with Crippen LogP contribution in [0.4, 0.5) is 0 Å². The van der Waals surface area contributed by atoms with Gasteiger partial charge in [0.05, 0.1) is 0 Å². The number of benzene rings is 1. The Kier molecular flexibility index (Phi) is 4.43. The van der Waals surface area contributed by atoms with Crippen LogP contribution in [0.25, 0.3) is 0 Å². The van der Waals surface area contributed by atoms with Gasteiger partial charge in [0, 0.05) is 38.2 Å². The second kappa shape index (κ2) is 6.06. The second-order valence-corrected chi connectivity index (χ2v) is 5.12. The number of nitrogens with zero attached hydrogens (tertiary/aromatic N) is 2. The summed E-state index contributed by atoms with van der Waals surface area (Å²) in [6, 6.07) is 9.21. The van der Waals surface area contributed by atoms with Crippen LogP contribution in [0.3, 0.4) is 0 Å². The van der Waals surface area contributed by atoms with Gasteiger partial charge in [-0.1, -0.05) is 18.2 Å². The van der Waals surface area contributed by atoms with Crippen molar-refractivity contribution in [1.82, 2.24) is 9.80 Å². The molecule has 0 radical (unpaired) electrons. The fourth-order valence-electron chi connectivity index (χ4n) is 2.24. The van der Waals surface area contributed by atoms with E-state index in [0.717, 1.165) is 0 Å². The first-order chi connectivity index (χ1) is 9.11. The van der Waals surface area contributed by atoms with E-state index in [0.29, 0.717) is 31.1 Å². The summed E-state index contributed by atoms with van der Waals surface area (Å²) in [6.07, 6.45) is 0. The number of carbonyl (C=O) groups excluding carboxylic acids is 2. The summed E-state index contributed by atoms with van der Waals surface area (Å²) in [6.45, 7) is 2.05. The highest BCUT2D eigenvalue weighted by Crippen LogP contribution is 2.17. The molecule has 0 N–H and O–H groups in total. The zero-order valence-electron chi connectivity index (χ0n) is 10.9. The maximum atomic E-state index is 12.1. The molecule has 0 unspecified atom stereocenters. The van der Waals surface area contributed by atoms with Crippen molar-refractivity contribution in [3.05, 3.63) is 35.9 Å². The first-order valence-electron chi connectivity index (χ1n) is 6.26. The SMILES string of the molecule is CN(CC1CN(C(=O)CCl)C1)C(=O)c1ccccc1. The molecule has 1 aliphatic heterocycles. The van der Waals surface area contributed by atoms with Crippen molar-refractivity contribution >= 4 is 23.4 Å². The fraction of sp³-hybridized carbons (Fsp3) is 0.429. The van der Waals surface area contributed by atoms with Gasteiger partial charge in [0.2, 0.25) is 5.91 Å². The van der Waals surface area contributed by atoms with Gasteiger partial charge in [0.25, 0.3) is 5.91 Å². The van der Waals surface area contributed by atoms with Crippen LogP contribution >= 0.6 is 11.6 Å². The zero-order valence-corrected chi connectivity index (χ0v) is 11.6. The Balaban J connectivity index is 1.82. The first-order valence-corrected chi connectivity index (χ1v) is 6.79. The number of halogens is 1. The third kappa shape index (κ3) is 3.26. The second-order valence-electron chi connectivity index (χ2n) is 4.85. The van der Waals surface area contributed by atoms with Crippen LogP contribution in [0.15, 0.2) is 30.3 Å². The fourth-order valence-corrected chi connectivity index (χ4v) is 2.41. The van der Waals surface area contributed by atoms with Crippen LogP contribution in [0.2, 0.25) is 0 Å². The molecule has 1 aromatic carbocycles. The monoisotopic (exact) mass is 280 g/mol. The molecule has 19 heavy (non-hydrogen) atoms. The van der Waals surface area contributed by atoms with Crippen molar-refractivity contribution in [3.8, 4) is 0 Å². The lowest BCUT2D eigenvalue weighted by Crippen LogP contribution is -2.54. The quantitative estimate of drug-likeness (QED) is 0.784. The van der Waals surface area contributed by atoms with Crippen molar-refractivity contribution in [2.24, 2.45) is 5.92 Å². The molecule has 0 atom stereocenters. The molecule has 1 aromatic rings. The molecule has 1 saturated heterocycles. The van der Waals surface area contributed by atoms with Crippen molar-refractivity contribution in [3.63, 3.8) is 0 Å². The van der Waals surface area contributed by atoms with Gasteiger partial charge < -0.3 is 9.80 Å². The third-order valence-corrected chi connectivity index (χ3v) is 3.55. The molecule has 102 valence electrons. The smallest absolute Gasteiger partial charge is 0.253 e. The molecule has 5 heteroatoms. The number of alkyl halides is 1. The average Bonchev–Trinajstić information content (AvgIpc) is 2.41. The Morgan fingerprint density at radius 2 is 1.95 bits per heavy atom. The molecule has 2 amide bonds. The van der Waals surface area contributed by atoms with E-state index in [1.807, 2.05) is 30.3 Å². The van der Waals surface area contributed by atoms with Gasteiger partial charge in [-0.25, -0.2) is 0 Å². The molecule has 0 saturated carbocycles. The maximum Gasteiger partial charge on any atom is 0.253 e. The van der Waals surface area contributed by atoms with E-state index in [-0.39, 0.29) is 17.7 Å².